The Morgan fingerprint density at radius 2 is 1.47 bits per heavy atom. The van der Waals surface area contributed by atoms with Gasteiger partial charge >= 0.3 is 0 Å². The largest absolute Gasteiger partial charge is 0.352 e. The number of rotatable bonds is 9. The second-order valence-electron chi connectivity index (χ2n) is 8.38. The van der Waals surface area contributed by atoms with Gasteiger partial charge in [-0.1, -0.05) is 50.2 Å². The Balaban J connectivity index is 2.11. The molecule has 0 bridgehead atoms. The summed E-state index contributed by atoms with van der Waals surface area (Å²) in [6.45, 7) is 10.1. The van der Waals surface area contributed by atoms with E-state index in [4.69, 9.17) is 0 Å². The molecular weight excluding hydrogens is 379 g/mol. The molecule has 0 aliphatic heterocycles. The summed E-state index contributed by atoms with van der Waals surface area (Å²) in [6, 6.07) is 13.7. The Bertz CT molecular complexity index is 829. The van der Waals surface area contributed by atoms with Gasteiger partial charge in [0.1, 0.15) is 11.9 Å². The summed E-state index contributed by atoms with van der Waals surface area (Å²) in [7, 11) is 0. The number of aryl methyl sites for hydroxylation is 1. The molecule has 0 heterocycles. The van der Waals surface area contributed by atoms with Gasteiger partial charge in [-0.05, 0) is 61.9 Å². The van der Waals surface area contributed by atoms with Crippen LogP contribution >= 0.6 is 0 Å². The van der Waals surface area contributed by atoms with Crippen molar-refractivity contribution in [3.63, 3.8) is 0 Å². The average Bonchev–Trinajstić information content (AvgIpc) is 2.70. The molecule has 162 valence electrons. The topological polar surface area (TPSA) is 49.4 Å². The Hall–Kier alpha value is -2.69. The van der Waals surface area contributed by atoms with Gasteiger partial charge in [-0.15, -0.1) is 0 Å². The fraction of sp³-hybridized carbons (Fsp3) is 0.440. The van der Waals surface area contributed by atoms with Gasteiger partial charge in [0.15, 0.2) is 0 Å². The van der Waals surface area contributed by atoms with Crippen molar-refractivity contribution in [3.8, 4) is 0 Å². The van der Waals surface area contributed by atoms with Crippen LogP contribution in [0.5, 0.6) is 0 Å². The van der Waals surface area contributed by atoms with Crippen LogP contribution in [0.3, 0.4) is 0 Å². The predicted octanol–water partition coefficient (Wildman–Crippen LogP) is 4.82. The number of hydrogen-bond acceptors (Lipinski definition) is 2. The average molecular weight is 413 g/mol. The first-order chi connectivity index (χ1) is 14.2. The van der Waals surface area contributed by atoms with Crippen molar-refractivity contribution in [1.82, 2.24) is 10.2 Å². The molecule has 0 aliphatic rings. The quantitative estimate of drug-likeness (QED) is 0.642. The van der Waals surface area contributed by atoms with E-state index in [1.807, 2.05) is 13.8 Å². The number of carbonyl (C=O) groups is 2. The molecule has 2 aromatic rings. The summed E-state index contributed by atoms with van der Waals surface area (Å²) < 4.78 is 13.3. The van der Waals surface area contributed by atoms with Gasteiger partial charge in [-0.25, -0.2) is 4.39 Å². The van der Waals surface area contributed by atoms with E-state index in [2.05, 4.69) is 43.4 Å². The smallest absolute Gasteiger partial charge is 0.242 e. The SMILES string of the molecule is CC(C)NC(=O)C(C)N(Cc1ccc(F)cc1)C(=O)CCc1ccc(C(C)C)cc1. The van der Waals surface area contributed by atoms with Gasteiger partial charge in [-0.2, -0.15) is 0 Å². The van der Waals surface area contributed by atoms with Crippen LogP contribution in [0, 0.1) is 5.82 Å². The van der Waals surface area contributed by atoms with Crippen molar-refractivity contribution in [2.45, 2.75) is 72.0 Å². The maximum atomic E-state index is 13.3. The Kier molecular flexibility index (Phi) is 8.58. The molecule has 0 aromatic heterocycles. The summed E-state index contributed by atoms with van der Waals surface area (Å²) in [6.07, 6.45) is 0.914. The van der Waals surface area contributed by atoms with Crippen LogP contribution < -0.4 is 5.32 Å². The summed E-state index contributed by atoms with van der Waals surface area (Å²) in [5.41, 5.74) is 3.14. The third-order valence-electron chi connectivity index (χ3n) is 5.14. The molecular formula is C25H33FN2O2. The lowest BCUT2D eigenvalue weighted by atomic mass is 10.00. The van der Waals surface area contributed by atoms with Crippen LogP contribution in [-0.4, -0.2) is 28.8 Å². The minimum absolute atomic E-state index is 0.0119. The molecule has 0 saturated carbocycles. The van der Waals surface area contributed by atoms with Crippen LogP contribution in [-0.2, 0) is 22.6 Å². The summed E-state index contributed by atoms with van der Waals surface area (Å²) >= 11 is 0. The number of nitrogens with one attached hydrogen (secondary N) is 1. The van der Waals surface area contributed by atoms with E-state index >= 15 is 0 Å². The van der Waals surface area contributed by atoms with E-state index in [0.717, 1.165) is 11.1 Å². The summed E-state index contributed by atoms with van der Waals surface area (Å²) in [5, 5.41) is 2.87. The molecule has 5 heteroatoms. The summed E-state index contributed by atoms with van der Waals surface area (Å²) in [4.78, 5) is 27.2. The first-order valence-electron chi connectivity index (χ1n) is 10.6. The Labute approximate surface area is 179 Å². The molecule has 2 rings (SSSR count). The molecule has 1 unspecified atom stereocenters. The molecule has 2 amide bonds. The predicted molar refractivity (Wildman–Crippen MR) is 119 cm³/mol. The first-order valence-corrected chi connectivity index (χ1v) is 10.6. The number of hydrogen-bond donors (Lipinski definition) is 1. The number of amides is 2. The molecule has 2 aromatic carbocycles. The minimum atomic E-state index is -0.617. The van der Waals surface area contributed by atoms with Crippen LogP contribution in [0.15, 0.2) is 48.5 Å². The van der Waals surface area contributed by atoms with Gasteiger partial charge in [0.05, 0.1) is 0 Å². The van der Waals surface area contributed by atoms with Crippen molar-refractivity contribution in [2.75, 3.05) is 0 Å². The fourth-order valence-electron chi connectivity index (χ4n) is 3.24. The van der Waals surface area contributed by atoms with Crippen molar-refractivity contribution < 1.29 is 14.0 Å². The van der Waals surface area contributed by atoms with Crippen LogP contribution in [0.25, 0.3) is 0 Å². The highest BCUT2D eigenvalue weighted by molar-refractivity contribution is 5.87. The monoisotopic (exact) mass is 412 g/mol. The molecule has 30 heavy (non-hydrogen) atoms. The molecule has 0 aliphatic carbocycles. The number of halogens is 1. The Morgan fingerprint density at radius 3 is 2.00 bits per heavy atom. The van der Waals surface area contributed by atoms with Crippen LogP contribution in [0.1, 0.15) is 63.6 Å². The van der Waals surface area contributed by atoms with E-state index in [1.165, 1.54) is 17.7 Å². The standard InChI is InChI=1S/C25H33FN2O2/c1-17(2)22-11-6-20(7-12-22)10-15-24(29)28(19(5)25(30)27-18(3)4)16-21-8-13-23(26)14-9-21/h6-9,11-14,17-19H,10,15-16H2,1-5H3,(H,27,30). The molecule has 0 fully saturated rings. The second-order valence-corrected chi connectivity index (χ2v) is 8.38. The zero-order valence-corrected chi connectivity index (χ0v) is 18.6. The van der Waals surface area contributed by atoms with Crippen molar-refractivity contribution in [3.05, 3.63) is 71.0 Å². The zero-order chi connectivity index (χ0) is 22.3. The minimum Gasteiger partial charge on any atom is -0.352 e. The van der Waals surface area contributed by atoms with Crippen molar-refractivity contribution >= 4 is 11.8 Å². The van der Waals surface area contributed by atoms with E-state index in [-0.39, 0.29) is 30.2 Å². The third kappa shape index (κ3) is 6.97. The maximum absolute atomic E-state index is 13.3. The van der Waals surface area contributed by atoms with E-state index in [9.17, 15) is 14.0 Å². The summed E-state index contributed by atoms with van der Waals surface area (Å²) in [5.74, 6) is -0.153. The van der Waals surface area contributed by atoms with E-state index in [1.54, 1.807) is 24.0 Å². The Morgan fingerprint density at radius 1 is 0.900 bits per heavy atom. The number of carbonyl (C=O) groups excluding carboxylic acids is 2. The number of benzene rings is 2. The first kappa shape index (κ1) is 23.6. The van der Waals surface area contributed by atoms with Crippen molar-refractivity contribution in [1.29, 1.82) is 0 Å². The maximum Gasteiger partial charge on any atom is 0.242 e. The fourth-order valence-corrected chi connectivity index (χ4v) is 3.24. The normalized spacial score (nSPS) is 12.1. The van der Waals surface area contributed by atoms with Crippen LogP contribution in [0.4, 0.5) is 4.39 Å². The van der Waals surface area contributed by atoms with Crippen LogP contribution in [0.2, 0.25) is 0 Å². The lowest BCUT2D eigenvalue weighted by Gasteiger charge is -2.29. The van der Waals surface area contributed by atoms with Crippen molar-refractivity contribution in [2.24, 2.45) is 0 Å². The van der Waals surface area contributed by atoms with Gasteiger partial charge in [-0.3, -0.25) is 9.59 Å². The highest BCUT2D eigenvalue weighted by atomic mass is 19.1. The third-order valence-corrected chi connectivity index (χ3v) is 5.14. The lowest BCUT2D eigenvalue weighted by molar-refractivity contribution is -0.140. The van der Waals surface area contributed by atoms with Gasteiger partial charge < -0.3 is 10.2 Å². The van der Waals surface area contributed by atoms with Gasteiger partial charge in [0.2, 0.25) is 11.8 Å². The highest BCUT2D eigenvalue weighted by Crippen LogP contribution is 2.17. The molecule has 0 radical (unpaired) electrons. The molecule has 0 spiro atoms. The number of nitrogens with zero attached hydrogens (tertiary/aromatic N) is 1. The second kappa shape index (κ2) is 10.9. The highest BCUT2D eigenvalue weighted by Gasteiger charge is 2.26. The van der Waals surface area contributed by atoms with Gasteiger partial charge in [0.25, 0.3) is 0 Å². The molecule has 0 saturated heterocycles. The van der Waals surface area contributed by atoms with E-state index in [0.29, 0.717) is 18.8 Å². The molecule has 1 N–H and O–H groups in total. The molecule has 4 nitrogen and oxygen atoms in total. The van der Waals surface area contributed by atoms with Gasteiger partial charge in [0, 0.05) is 19.0 Å². The molecule has 1 atom stereocenters. The zero-order valence-electron chi connectivity index (χ0n) is 18.6. The lowest BCUT2D eigenvalue weighted by Crippen LogP contribution is -2.49. The van der Waals surface area contributed by atoms with E-state index < -0.39 is 6.04 Å².